The average Bonchev–Trinajstić information content (AvgIpc) is 2.68. The molecular formula is C20H16N2O5. The molecule has 0 atom stereocenters. The number of hydrogen-bond donors (Lipinski definition) is 2. The van der Waals surface area contributed by atoms with Crippen molar-refractivity contribution in [3.63, 3.8) is 0 Å². The number of carbonyl (C=O) groups excluding carboxylic acids is 1. The fraction of sp³-hybridized carbons (Fsp3) is 0.0500. The molecule has 136 valence electrons. The number of ether oxygens (including phenoxy) is 1. The van der Waals surface area contributed by atoms with Crippen LogP contribution in [-0.4, -0.2) is 23.0 Å². The molecule has 3 aromatic carbocycles. The maximum absolute atomic E-state index is 12.4. The van der Waals surface area contributed by atoms with Crippen LogP contribution in [0, 0.1) is 10.1 Å². The normalized spacial score (nSPS) is 10.3. The average molecular weight is 364 g/mol. The van der Waals surface area contributed by atoms with Gasteiger partial charge in [-0.3, -0.25) is 14.9 Å². The minimum absolute atomic E-state index is 0.0694. The van der Waals surface area contributed by atoms with Crippen LogP contribution in [0.4, 0.5) is 11.4 Å². The lowest BCUT2D eigenvalue weighted by Crippen LogP contribution is -2.13. The zero-order valence-corrected chi connectivity index (χ0v) is 14.4. The number of hydrogen-bond acceptors (Lipinski definition) is 5. The Labute approximate surface area is 155 Å². The summed E-state index contributed by atoms with van der Waals surface area (Å²) in [6.07, 6.45) is 0. The van der Waals surface area contributed by atoms with E-state index in [0.717, 1.165) is 5.56 Å². The van der Waals surface area contributed by atoms with Crippen molar-refractivity contribution < 1.29 is 19.6 Å². The van der Waals surface area contributed by atoms with Crippen LogP contribution < -0.4 is 10.1 Å². The zero-order chi connectivity index (χ0) is 19.4. The fourth-order valence-electron chi connectivity index (χ4n) is 2.62. The number of nitrogens with zero attached hydrogens (tertiary/aromatic N) is 1. The number of aromatic hydroxyl groups is 1. The van der Waals surface area contributed by atoms with Gasteiger partial charge in [-0.25, -0.2) is 0 Å². The highest BCUT2D eigenvalue weighted by Crippen LogP contribution is 2.32. The Bertz CT molecular complexity index is 1000. The third-order valence-corrected chi connectivity index (χ3v) is 3.99. The highest BCUT2D eigenvalue weighted by molar-refractivity contribution is 6.06. The van der Waals surface area contributed by atoms with Crippen molar-refractivity contribution in [3.8, 4) is 22.6 Å². The van der Waals surface area contributed by atoms with Gasteiger partial charge in [-0.1, -0.05) is 36.4 Å². The van der Waals surface area contributed by atoms with Crippen LogP contribution in [0.2, 0.25) is 0 Å². The molecule has 0 aliphatic carbocycles. The van der Waals surface area contributed by atoms with Gasteiger partial charge in [0, 0.05) is 11.6 Å². The number of nitrogens with one attached hydrogen (secondary N) is 1. The van der Waals surface area contributed by atoms with Crippen molar-refractivity contribution in [2.24, 2.45) is 0 Å². The van der Waals surface area contributed by atoms with E-state index in [9.17, 15) is 20.0 Å². The van der Waals surface area contributed by atoms with E-state index in [1.165, 1.54) is 37.4 Å². The Morgan fingerprint density at radius 2 is 1.78 bits per heavy atom. The number of benzene rings is 3. The lowest BCUT2D eigenvalue weighted by molar-refractivity contribution is -0.383. The van der Waals surface area contributed by atoms with Gasteiger partial charge in [-0.2, -0.15) is 0 Å². The van der Waals surface area contributed by atoms with Gasteiger partial charge >= 0.3 is 0 Å². The first-order valence-electron chi connectivity index (χ1n) is 8.02. The second kappa shape index (κ2) is 7.57. The summed E-state index contributed by atoms with van der Waals surface area (Å²) < 4.78 is 4.93. The van der Waals surface area contributed by atoms with Gasteiger partial charge in [0.15, 0.2) is 11.5 Å². The maximum Gasteiger partial charge on any atom is 0.293 e. The molecule has 0 radical (unpaired) electrons. The molecule has 0 fully saturated rings. The minimum atomic E-state index is -0.580. The molecule has 0 spiro atoms. The van der Waals surface area contributed by atoms with Crippen LogP contribution in [0.1, 0.15) is 10.4 Å². The number of rotatable bonds is 5. The number of amides is 1. The van der Waals surface area contributed by atoms with Gasteiger partial charge in [0.25, 0.3) is 11.6 Å². The summed E-state index contributed by atoms with van der Waals surface area (Å²) in [5.41, 5.74) is 1.50. The third-order valence-electron chi connectivity index (χ3n) is 3.99. The highest BCUT2D eigenvalue weighted by atomic mass is 16.6. The van der Waals surface area contributed by atoms with E-state index in [-0.39, 0.29) is 28.4 Å². The van der Waals surface area contributed by atoms with Gasteiger partial charge in [-0.15, -0.1) is 0 Å². The van der Waals surface area contributed by atoms with Gasteiger partial charge in [0.05, 0.1) is 12.0 Å². The Balaban J connectivity index is 1.91. The molecule has 0 aromatic heterocycles. The van der Waals surface area contributed by atoms with E-state index in [4.69, 9.17) is 4.74 Å². The van der Waals surface area contributed by atoms with E-state index in [0.29, 0.717) is 5.56 Å². The molecule has 0 heterocycles. The summed E-state index contributed by atoms with van der Waals surface area (Å²) in [6, 6.07) is 18.0. The smallest absolute Gasteiger partial charge is 0.293 e. The van der Waals surface area contributed by atoms with Crippen LogP contribution >= 0.6 is 0 Å². The quantitative estimate of drug-likeness (QED) is 0.521. The number of nitro benzene ring substituents is 1. The van der Waals surface area contributed by atoms with Crippen molar-refractivity contribution in [2.75, 3.05) is 12.4 Å². The number of methoxy groups -OCH3 is 1. The third kappa shape index (κ3) is 3.87. The van der Waals surface area contributed by atoms with Crippen molar-refractivity contribution in [1.82, 2.24) is 0 Å². The Morgan fingerprint density at radius 3 is 2.41 bits per heavy atom. The Morgan fingerprint density at radius 1 is 1.04 bits per heavy atom. The standard InChI is InChI=1S/C20H16N2O5/c1-27-19-10-8-15(12-18(19)23)20(24)21-16-9-7-14(11-17(16)22(25)26)13-5-3-2-4-6-13/h2-12,23H,1H3,(H,21,24). The maximum atomic E-state index is 12.4. The van der Waals surface area contributed by atoms with Crippen LogP contribution in [0.15, 0.2) is 66.7 Å². The van der Waals surface area contributed by atoms with E-state index in [1.807, 2.05) is 30.3 Å². The first-order valence-corrected chi connectivity index (χ1v) is 8.02. The van der Waals surface area contributed by atoms with Crippen molar-refractivity contribution in [3.05, 3.63) is 82.4 Å². The molecule has 0 saturated heterocycles. The predicted molar refractivity (Wildman–Crippen MR) is 101 cm³/mol. The Hall–Kier alpha value is -3.87. The van der Waals surface area contributed by atoms with E-state index in [2.05, 4.69) is 5.32 Å². The first kappa shape index (κ1) is 17.9. The van der Waals surface area contributed by atoms with Crippen LogP contribution in [0.25, 0.3) is 11.1 Å². The molecule has 0 bridgehead atoms. The van der Waals surface area contributed by atoms with Crippen molar-refractivity contribution in [1.29, 1.82) is 0 Å². The summed E-state index contributed by atoms with van der Waals surface area (Å²) in [5.74, 6) is -0.549. The molecule has 0 aliphatic heterocycles. The molecule has 1 amide bonds. The largest absolute Gasteiger partial charge is 0.504 e. The number of anilines is 1. The molecule has 0 saturated carbocycles. The first-order chi connectivity index (χ1) is 13.0. The van der Waals surface area contributed by atoms with Crippen molar-refractivity contribution in [2.45, 2.75) is 0 Å². The van der Waals surface area contributed by atoms with Gasteiger partial charge in [-0.05, 0) is 35.4 Å². The van der Waals surface area contributed by atoms with Gasteiger partial charge < -0.3 is 15.2 Å². The molecule has 3 rings (SSSR count). The van der Waals surface area contributed by atoms with Crippen LogP contribution in [-0.2, 0) is 0 Å². The summed E-state index contributed by atoms with van der Waals surface area (Å²) in [4.78, 5) is 23.3. The van der Waals surface area contributed by atoms with Gasteiger partial charge in [0.1, 0.15) is 5.69 Å². The zero-order valence-electron chi connectivity index (χ0n) is 14.4. The molecule has 0 aliphatic rings. The second-order valence-corrected chi connectivity index (χ2v) is 5.70. The number of phenolic OH excluding ortho intramolecular Hbond substituents is 1. The Kier molecular flexibility index (Phi) is 5.03. The van der Waals surface area contributed by atoms with Crippen LogP contribution in [0.3, 0.4) is 0 Å². The second-order valence-electron chi connectivity index (χ2n) is 5.70. The molecule has 7 heteroatoms. The fourth-order valence-corrected chi connectivity index (χ4v) is 2.62. The molecule has 2 N–H and O–H groups in total. The van der Waals surface area contributed by atoms with Crippen LogP contribution in [0.5, 0.6) is 11.5 Å². The summed E-state index contributed by atoms with van der Waals surface area (Å²) in [7, 11) is 1.40. The molecule has 3 aromatic rings. The number of phenols is 1. The SMILES string of the molecule is COc1ccc(C(=O)Nc2ccc(-c3ccccc3)cc2[N+](=O)[O-])cc1O. The topological polar surface area (TPSA) is 102 Å². The minimum Gasteiger partial charge on any atom is -0.504 e. The highest BCUT2D eigenvalue weighted by Gasteiger charge is 2.18. The number of nitro groups is 1. The predicted octanol–water partition coefficient (Wildman–Crippen LogP) is 4.23. The van der Waals surface area contributed by atoms with Crippen molar-refractivity contribution >= 4 is 17.3 Å². The molecule has 27 heavy (non-hydrogen) atoms. The summed E-state index contributed by atoms with van der Waals surface area (Å²) >= 11 is 0. The molecular weight excluding hydrogens is 348 g/mol. The molecule has 7 nitrogen and oxygen atoms in total. The lowest BCUT2D eigenvalue weighted by atomic mass is 10.0. The number of carbonyl (C=O) groups is 1. The van der Waals surface area contributed by atoms with E-state index in [1.54, 1.807) is 6.07 Å². The summed E-state index contributed by atoms with van der Waals surface area (Å²) in [6.45, 7) is 0. The van der Waals surface area contributed by atoms with E-state index < -0.39 is 10.8 Å². The van der Waals surface area contributed by atoms with E-state index >= 15 is 0 Å². The van der Waals surface area contributed by atoms with Gasteiger partial charge in [0.2, 0.25) is 0 Å². The summed E-state index contributed by atoms with van der Waals surface area (Å²) in [5, 5.41) is 23.8. The molecule has 0 unspecified atom stereocenters. The lowest BCUT2D eigenvalue weighted by Gasteiger charge is -2.09. The monoisotopic (exact) mass is 364 g/mol.